The first-order valence-electron chi connectivity index (χ1n) is 5.94. The van der Waals surface area contributed by atoms with E-state index in [4.69, 9.17) is 4.74 Å². The van der Waals surface area contributed by atoms with Crippen molar-refractivity contribution in [1.29, 1.82) is 0 Å². The molecule has 1 saturated carbocycles. The van der Waals surface area contributed by atoms with E-state index in [0.717, 1.165) is 12.3 Å². The van der Waals surface area contributed by atoms with Crippen molar-refractivity contribution in [3.63, 3.8) is 0 Å². The minimum absolute atomic E-state index is 0.501. The number of hydrogen-bond donors (Lipinski definition) is 1. The van der Waals surface area contributed by atoms with Crippen molar-refractivity contribution in [1.82, 2.24) is 9.97 Å². The second kappa shape index (κ2) is 5.14. The van der Waals surface area contributed by atoms with Crippen molar-refractivity contribution in [2.75, 3.05) is 12.4 Å². The molecule has 1 fully saturated rings. The van der Waals surface area contributed by atoms with Gasteiger partial charge in [0, 0.05) is 6.04 Å². The van der Waals surface area contributed by atoms with E-state index in [0.29, 0.717) is 17.7 Å². The summed E-state index contributed by atoms with van der Waals surface area (Å²) in [5.41, 5.74) is 0. The average molecular weight is 221 g/mol. The Bertz CT molecular complexity index is 322. The van der Waals surface area contributed by atoms with Gasteiger partial charge in [0.05, 0.1) is 19.5 Å². The highest BCUT2D eigenvalue weighted by molar-refractivity contribution is 5.28. The average Bonchev–Trinajstić information content (AvgIpc) is 3.13. The molecule has 1 heterocycles. The number of methoxy groups -OCH3 is 1. The first kappa shape index (κ1) is 11.2. The molecule has 16 heavy (non-hydrogen) atoms. The maximum atomic E-state index is 5.02. The van der Waals surface area contributed by atoms with E-state index in [1.165, 1.54) is 19.3 Å². The topological polar surface area (TPSA) is 47.0 Å². The number of anilines is 1. The predicted molar refractivity (Wildman–Crippen MR) is 63.6 cm³/mol. The quantitative estimate of drug-likeness (QED) is 0.801. The van der Waals surface area contributed by atoms with Crippen LogP contribution in [0.25, 0.3) is 0 Å². The summed E-state index contributed by atoms with van der Waals surface area (Å²) in [5.74, 6) is 2.32. The molecule has 4 nitrogen and oxygen atoms in total. The van der Waals surface area contributed by atoms with Crippen LogP contribution in [-0.2, 0) is 0 Å². The molecule has 0 spiro atoms. The van der Waals surface area contributed by atoms with Gasteiger partial charge in [-0.2, -0.15) is 0 Å². The molecule has 1 unspecified atom stereocenters. The van der Waals surface area contributed by atoms with Gasteiger partial charge in [0.2, 0.25) is 5.95 Å². The minimum atomic E-state index is 0.501. The summed E-state index contributed by atoms with van der Waals surface area (Å²) in [5, 5.41) is 3.37. The third-order valence-electron chi connectivity index (χ3n) is 3.00. The molecular weight excluding hydrogens is 202 g/mol. The molecule has 0 radical (unpaired) electrons. The van der Waals surface area contributed by atoms with E-state index >= 15 is 0 Å². The largest absolute Gasteiger partial charge is 0.494 e. The number of rotatable bonds is 6. The summed E-state index contributed by atoms with van der Waals surface area (Å²) in [6.45, 7) is 2.20. The lowest BCUT2D eigenvalue weighted by Gasteiger charge is -2.16. The molecule has 0 amide bonds. The van der Waals surface area contributed by atoms with Gasteiger partial charge in [-0.05, 0) is 18.8 Å². The van der Waals surface area contributed by atoms with E-state index in [9.17, 15) is 0 Å². The lowest BCUT2D eigenvalue weighted by atomic mass is 10.1. The van der Waals surface area contributed by atoms with Gasteiger partial charge in [-0.25, -0.2) is 9.97 Å². The Morgan fingerprint density at radius 1 is 1.44 bits per heavy atom. The van der Waals surface area contributed by atoms with Crippen LogP contribution in [0, 0.1) is 5.92 Å². The van der Waals surface area contributed by atoms with Crippen molar-refractivity contribution < 1.29 is 4.74 Å². The van der Waals surface area contributed by atoms with Gasteiger partial charge in [-0.1, -0.05) is 19.8 Å². The SMILES string of the molecule is CCC(CC1CC1)Nc1ncc(OC)cn1. The van der Waals surface area contributed by atoms with E-state index in [2.05, 4.69) is 22.2 Å². The fraction of sp³-hybridized carbons (Fsp3) is 0.667. The molecule has 0 bridgehead atoms. The van der Waals surface area contributed by atoms with Crippen LogP contribution in [0.4, 0.5) is 5.95 Å². The van der Waals surface area contributed by atoms with Crippen molar-refractivity contribution in [2.45, 2.75) is 38.6 Å². The molecule has 1 aliphatic rings. The van der Waals surface area contributed by atoms with Crippen LogP contribution in [0.3, 0.4) is 0 Å². The van der Waals surface area contributed by atoms with Crippen LogP contribution in [0.1, 0.15) is 32.6 Å². The first-order chi connectivity index (χ1) is 7.81. The number of nitrogens with zero attached hydrogens (tertiary/aromatic N) is 2. The summed E-state index contributed by atoms with van der Waals surface area (Å²) in [4.78, 5) is 8.44. The molecule has 1 aromatic heterocycles. The Balaban J connectivity index is 1.89. The van der Waals surface area contributed by atoms with E-state index < -0.39 is 0 Å². The highest BCUT2D eigenvalue weighted by atomic mass is 16.5. The van der Waals surface area contributed by atoms with Crippen LogP contribution in [0.5, 0.6) is 5.75 Å². The van der Waals surface area contributed by atoms with E-state index in [-0.39, 0.29) is 0 Å². The maximum absolute atomic E-state index is 5.02. The van der Waals surface area contributed by atoms with Gasteiger partial charge < -0.3 is 10.1 Å². The zero-order valence-corrected chi connectivity index (χ0v) is 9.94. The Kier molecular flexibility index (Phi) is 3.59. The zero-order valence-electron chi connectivity index (χ0n) is 9.94. The van der Waals surface area contributed by atoms with E-state index in [1.807, 2.05) is 0 Å². The third-order valence-corrected chi connectivity index (χ3v) is 3.00. The molecular formula is C12H19N3O. The normalized spacial score (nSPS) is 16.9. The van der Waals surface area contributed by atoms with E-state index in [1.54, 1.807) is 19.5 Å². The molecule has 0 aromatic carbocycles. The highest BCUT2D eigenvalue weighted by Crippen LogP contribution is 2.34. The van der Waals surface area contributed by atoms with Crippen molar-refractivity contribution >= 4 is 5.95 Å². The molecule has 0 aliphatic heterocycles. The van der Waals surface area contributed by atoms with Gasteiger partial charge in [-0.15, -0.1) is 0 Å². The zero-order chi connectivity index (χ0) is 11.4. The fourth-order valence-corrected chi connectivity index (χ4v) is 1.76. The van der Waals surface area contributed by atoms with Gasteiger partial charge >= 0.3 is 0 Å². The molecule has 1 aromatic rings. The van der Waals surface area contributed by atoms with Crippen LogP contribution >= 0.6 is 0 Å². The standard InChI is InChI=1S/C12H19N3O/c1-3-10(6-9-4-5-9)15-12-13-7-11(16-2)8-14-12/h7-10H,3-6H2,1-2H3,(H,13,14,15). The van der Waals surface area contributed by atoms with Crippen LogP contribution in [-0.4, -0.2) is 23.1 Å². The number of hydrogen-bond acceptors (Lipinski definition) is 4. The van der Waals surface area contributed by atoms with Gasteiger partial charge in [0.1, 0.15) is 0 Å². The summed E-state index contributed by atoms with van der Waals surface area (Å²) in [7, 11) is 1.62. The molecule has 1 N–H and O–H groups in total. The van der Waals surface area contributed by atoms with Gasteiger partial charge in [0.25, 0.3) is 0 Å². The monoisotopic (exact) mass is 221 g/mol. The third kappa shape index (κ3) is 3.08. The summed E-state index contributed by atoms with van der Waals surface area (Å²) in [6.07, 6.45) is 8.53. The molecule has 2 rings (SSSR count). The summed E-state index contributed by atoms with van der Waals surface area (Å²) < 4.78 is 5.02. The van der Waals surface area contributed by atoms with Crippen molar-refractivity contribution in [3.8, 4) is 5.75 Å². The molecule has 0 saturated heterocycles. The van der Waals surface area contributed by atoms with Crippen molar-refractivity contribution in [3.05, 3.63) is 12.4 Å². The smallest absolute Gasteiger partial charge is 0.223 e. The molecule has 1 atom stereocenters. The predicted octanol–water partition coefficient (Wildman–Crippen LogP) is 2.48. The highest BCUT2D eigenvalue weighted by Gasteiger charge is 2.24. The Labute approximate surface area is 96.4 Å². The van der Waals surface area contributed by atoms with Gasteiger partial charge in [-0.3, -0.25) is 0 Å². The second-order valence-corrected chi connectivity index (χ2v) is 4.38. The Hall–Kier alpha value is -1.32. The number of ether oxygens (including phenoxy) is 1. The van der Waals surface area contributed by atoms with Gasteiger partial charge in [0.15, 0.2) is 5.75 Å². The van der Waals surface area contributed by atoms with Crippen LogP contribution < -0.4 is 10.1 Å². The first-order valence-corrected chi connectivity index (χ1v) is 5.94. The minimum Gasteiger partial charge on any atom is -0.494 e. The Morgan fingerprint density at radius 2 is 2.12 bits per heavy atom. The van der Waals surface area contributed by atoms with Crippen LogP contribution in [0.2, 0.25) is 0 Å². The summed E-state index contributed by atoms with van der Waals surface area (Å²) >= 11 is 0. The second-order valence-electron chi connectivity index (χ2n) is 4.38. The lowest BCUT2D eigenvalue weighted by molar-refractivity contribution is 0.410. The number of aromatic nitrogens is 2. The maximum Gasteiger partial charge on any atom is 0.223 e. The van der Waals surface area contributed by atoms with Crippen LogP contribution in [0.15, 0.2) is 12.4 Å². The summed E-state index contributed by atoms with van der Waals surface area (Å²) in [6, 6.07) is 0.501. The number of nitrogens with one attached hydrogen (secondary N) is 1. The lowest BCUT2D eigenvalue weighted by Crippen LogP contribution is -2.20. The molecule has 1 aliphatic carbocycles. The molecule has 88 valence electrons. The Morgan fingerprint density at radius 3 is 2.62 bits per heavy atom. The fourth-order valence-electron chi connectivity index (χ4n) is 1.76. The molecule has 4 heteroatoms. The van der Waals surface area contributed by atoms with Crippen molar-refractivity contribution in [2.24, 2.45) is 5.92 Å².